The summed E-state index contributed by atoms with van der Waals surface area (Å²) in [5.74, 6) is 0.414. The first-order valence-corrected chi connectivity index (χ1v) is 10.5. The topological polar surface area (TPSA) is 81.9 Å². The molecule has 0 fully saturated rings. The number of aromatic nitrogens is 4. The molecule has 3 aromatic heterocycles. The maximum atomic E-state index is 12.4. The third-order valence-electron chi connectivity index (χ3n) is 5.27. The Morgan fingerprint density at radius 2 is 1.79 bits per heavy atom. The van der Waals surface area contributed by atoms with Gasteiger partial charge < -0.3 is 10.1 Å². The van der Waals surface area contributed by atoms with E-state index in [0.717, 1.165) is 33.3 Å². The average Bonchev–Trinajstić information content (AvgIpc) is 3.26. The van der Waals surface area contributed by atoms with Crippen molar-refractivity contribution in [1.29, 1.82) is 0 Å². The van der Waals surface area contributed by atoms with Crippen LogP contribution in [0.3, 0.4) is 0 Å². The quantitative estimate of drug-likeness (QED) is 0.398. The number of pyridine rings is 2. The minimum absolute atomic E-state index is 0.0524. The summed E-state index contributed by atoms with van der Waals surface area (Å²) in [4.78, 5) is 20.9. The van der Waals surface area contributed by atoms with Crippen molar-refractivity contribution in [3.8, 4) is 28.1 Å². The Morgan fingerprint density at radius 1 is 1.00 bits per heavy atom. The fourth-order valence-corrected chi connectivity index (χ4v) is 3.64. The first kappa shape index (κ1) is 20.4. The number of nitrogens with one attached hydrogen (secondary N) is 1. The van der Waals surface area contributed by atoms with Crippen LogP contribution in [0, 0.1) is 0 Å². The maximum absolute atomic E-state index is 12.4. The van der Waals surface area contributed by atoms with Crippen LogP contribution >= 0.6 is 0 Å². The molecule has 2 aromatic carbocycles. The van der Waals surface area contributed by atoms with Gasteiger partial charge in [0.2, 0.25) is 0 Å². The van der Waals surface area contributed by atoms with E-state index in [0.29, 0.717) is 11.3 Å². The number of fused-ring (bicyclic) bond motifs is 1. The SMILES string of the molecule is Cn1cc(-c2ccncc2)c(-c2ccc(OCNC(=O)c3cnc4ccccc4c3)cc2)n1. The van der Waals surface area contributed by atoms with E-state index in [1.807, 2.05) is 80.0 Å². The van der Waals surface area contributed by atoms with Crippen molar-refractivity contribution in [2.24, 2.45) is 7.05 Å². The van der Waals surface area contributed by atoms with E-state index in [1.54, 1.807) is 23.3 Å². The smallest absolute Gasteiger partial charge is 0.255 e. The summed E-state index contributed by atoms with van der Waals surface area (Å²) in [5, 5.41) is 8.31. The number of ether oxygens (including phenoxy) is 1. The van der Waals surface area contributed by atoms with Crippen molar-refractivity contribution in [2.75, 3.05) is 6.73 Å². The molecule has 7 nitrogen and oxygen atoms in total. The molecule has 1 amide bonds. The molecular formula is C26H21N5O2. The highest BCUT2D eigenvalue weighted by Crippen LogP contribution is 2.31. The number of aryl methyl sites for hydroxylation is 1. The van der Waals surface area contributed by atoms with Gasteiger partial charge >= 0.3 is 0 Å². The molecule has 162 valence electrons. The summed E-state index contributed by atoms with van der Waals surface area (Å²) in [7, 11) is 1.90. The molecule has 0 aliphatic rings. The van der Waals surface area contributed by atoms with Crippen LogP contribution in [0.1, 0.15) is 10.4 Å². The number of carbonyl (C=O) groups is 1. The van der Waals surface area contributed by atoms with Gasteiger partial charge in [0.05, 0.1) is 11.1 Å². The number of rotatable bonds is 6. The van der Waals surface area contributed by atoms with Crippen molar-refractivity contribution < 1.29 is 9.53 Å². The lowest BCUT2D eigenvalue weighted by atomic mass is 10.0. The molecular weight excluding hydrogens is 414 g/mol. The van der Waals surface area contributed by atoms with Crippen molar-refractivity contribution in [1.82, 2.24) is 25.1 Å². The largest absolute Gasteiger partial charge is 0.473 e. The van der Waals surface area contributed by atoms with Crippen LogP contribution in [-0.4, -0.2) is 32.4 Å². The Hall–Kier alpha value is -4.52. The van der Waals surface area contributed by atoms with Gasteiger partial charge in [-0.3, -0.25) is 19.4 Å². The average molecular weight is 435 g/mol. The summed E-state index contributed by atoms with van der Waals surface area (Å²) >= 11 is 0. The lowest BCUT2D eigenvalue weighted by Crippen LogP contribution is -2.27. The van der Waals surface area contributed by atoms with Crippen molar-refractivity contribution in [2.45, 2.75) is 0 Å². The fraction of sp³-hybridized carbons (Fsp3) is 0.0769. The van der Waals surface area contributed by atoms with Gasteiger partial charge in [0.1, 0.15) is 11.4 Å². The van der Waals surface area contributed by atoms with Gasteiger partial charge in [0.15, 0.2) is 6.73 Å². The van der Waals surface area contributed by atoms with E-state index in [1.165, 1.54) is 0 Å². The molecule has 0 aliphatic carbocycles. The normalized spacial score (nSPS) is 10.8. The third-order valence-corrected chi connectivity index (χ3v) is 5.27. The van der Waals surface area contributed by atoms with E-state index in [4.69, 9.17) is 4.74 Å². The zero-order chi connectivity index (χ0) is 22.6. The van der Waals surface area contributed by atoms with Gasteiger partial charge in [-0.1, -0.05) is 18.2 Å². The highest BCUT2D eigenvalue weighted by Gasteiger charge is 2.12. The summed E-state index contributed by atoms with van der Waals surface area (Å²) in [6, 6.07) is 21.1. The molecule has 0 radical (unpaired) electrons. The molecule has 7 heteroatoms. The Balaban J connectivity index is 1.24. The Bertz CT molecular complexity index is 1410. The van der Waals surface area contributed by atoms with Crippen LogP contribution in [0.15, 0.2) is 91.5 Å². The Kier molecular flexibility index (Phi) is 5.51. The number of carbonyl (C=O) groups excluding carboxylic acids is 1. The number of nitrogens with zero attached hydrogens (tertiary/aromatic N) is 4. The van der Waals surface area contributed by atoms with Gasteiger partial charge in [-0.15, -0.1) is 0 Å². The predicted molar refractivity (Wildman–Crippen MR) is 127 cm³/mol. The molecule has 1 N–H and O–H groups in total. The molecule has 0 aliphatic heterocycles. The molecule has 0 saturated heterocycles. The molecule has 33 heavy (non-hydrogen) atoms. The number of hydrogen-bond acceptors (Lipinski definition) is 5. The summed E-state index contributed by atoms with van der Waals surface area (Å²) < 4.78 is 7.51. The predicted octanol–water partition coefficient (Wildman–Crippen LogP) is 4.46. The van der Waals surface area contributed by atoms with Crippen LogP contribution in [-0.2, 0) is 7.05 Å². The molecule has 0 bridgehead atoms. The van der Waals surface area contributed by atoms with Crippen molar-refractivity contribution in [3.05, 3.63) is 97.1 Å². The number of amides is 1. The minimum Gasteiger partial charge on any atom is -0.473 e. The van der Waals surface area contributed by atoms with Crippen LogP contribution in [0.25, 0.3) is 33.3 Å². The maximum Gasteiger partial charge on any atom is 0.255 e. The lowest BCUT2D eigenvalue weighted by Gasteiger charge is -2.09. The van der Waals surface area contributed by atoms with Crippen molar-refractivity contribution in [3.63, 3.8) is 0 Å². The van der Waals surface area contributed by atoms with Gasteiger partial charge in [-0.2, -0.15) is 5.10 Å². The van der Waals surface area contributed by atoms with Crippen LogP contribution in [0.4, 0.5) is 0 Å². The van der Waals surface area contributed by atoms with Gasteiger partial charge in [-0.25, -0.2) is 0 Å². The van der Waals surface area contributed by atoms with E-state index in [9.17, 15) is 4.79 Å². The van der Waals surface area contributed by atoms with Gasteiger partial charge in [-0.05, 0) is 54.1 Å². The van der Waals surface area contributed by atoms with E-state index in [-0.39, 0.29) is 12.6 Å². The third kappa shape index (κ3) is 4.43. The van der Waals surface area contributed by atoms with E-state index < -0.39 is 0 Å². The summed E-state index contributed by atoms with van der Waals surface area (Å²) in [6.07, 6.45) is 7.10. The van der Waals surface area contributed by atoms with Gasteiger partial charge in [0, 0.05) is 48.3 Å². The molecule has 0 unspecified atom stereocenters. The highest BCUT2D eigenvalue weighted by atomic mass is 16.5. The molecule has 0 atom stereocenters. The van der Waals surface area contributed by atoms with E-state index in [2.05, 4.69) is 20.4 Å². The van der Waals surface area contributed by atoms with E-state index >= 15 is 0 Å². The number of hydrogen-bond donors (Lipinski definition) is 1. The molecule has 0 spiro atoms. The zero-order valence-electron chi connectivity index (χ0n) is 18.0. The first-order chi connectivity index (χ1) is 16.2. The molecule has 5 rings (SSSR count). The molecule has 3 heterocycles. The van der Waals surface area contributed by atoms with Crippen LogP contribution < -0.4 is 10.1 Å². The molecule has 5 aromatic rings. The molecule has 0 saturated carbocycles. The number of benzene rings is 2. The van der Waals surface area contributed by atoms with Crippen LogP contribution in [0.2, 0.25) is 0 Å². The Labute approximate surface area is 190 Å². The number of para-hydroxylation sites is 1. The second-order valence-corrected chi connectivity index (χ2v) is 7.54. The monoisotopic (exact) mass is 435 g/mol. The zero-order valence-corrected chi connectivity index (χ0v) is 18.0. The summed E-state index contributed by atoms with van der Waals surface area (Å²) in [5.41, 5.74) is 5.29. The minimum atomic E-state index is -0.236. The van der Waals surface area contributed by atoms with Gasteiger partial charge in [0.25, 0.3) is 5.91 Å². The van der Waals surface area contributed by atoms with Crippen LogP contribution in [0.5, 0.6) is 5.75 Å². The van der Waals surface area contributed by atoms with Crippen molar-refractivity contribution >= 4 is 16.8 Å². The highest BCUT2D eigenvalue weighted by molar-refractivity contribution is 5.97. The first-order valence-electron chi connectivity index (χ1n) is 10.5. The fourth-order valence-electron chi connectivity index (χ4n) is 3.64. The summed E-state index contributed by atoms with van der Waals surface area (Å²) in [6.45, 7) is 0.0524. The second-order valence-electron chi connectivity index (χ2n) is 7.54. The second kappa shape index (κ2) is 8.92. The Morgan fingerprint density at radius 3 is 2.61 bits per heavy atom. The standard InChI is InChI=1S/C26H21N5O2/c1-31-16-23(18-10-12-27-13-11-18)25(30-31)19-6-8-22(9-7-19)33-17-29-26(32)21-14-20-4-2-3-5-24(20)28-15-21/h2-16H,17H2,1H3,(H,29,32). The lowest BCUT2D eigenvalue weighted by molar-refractivity contribution is 0.0919.